The van der Waals surface area contributed by atoms with E-state index in [1.165, 1.54) is 16.8 Å². The molecule has 0 atom stereocenters. The predicted octanol–water partition coefficient (Wildman–Crippen LogP) is 2.05. The van der Waals surface area contributed by atoms with E-state index in [1.54, 1.807) is 24.3 Å². The molecule has 2 heterocycles. The van der Waals surface area contributed by atoms with Crippen molar-refractivity contribution in [3.63, 3.8) is 0 Å². The maximum Gasteiger partial charge on any atom is 0.328 e. The fourth-order valence-corrected chi connectivity index (χ4v) is 4.02. The van der Waals surface area contributed by atoms with E-state index in [0.29, 0.717) is 24.0 Å². The molecule has 1 aliphatic heterocycles. The minimum absolute atomic E-state index is 0.0323. The van der Waals surface area contributed by atoms with Gasteiger partial charge >= 0.3 is 5.69 Å². The van der Waals surface area contributed by atoms with Gasteiger partial charge in [-0.2, -0.15) is 0 Å². The Hall–Kier alpha value is -3.35. The van der Waals surface area contributed by atoms with E-state index in [4.69, 9.17) is 0 Å². The lowest BCUT2D eigenvalue weighted by Gasteiger charge is -2.37. The second-order valence-electron chi connectivity index (χ2n) is 7.84. The van der Waals surface area contributed by atoms with Crippen LogP contribution in [0.5, 0.6) is 0 Å². The number of amides is 1. The largest absolute Gasteiger partial charge is 0.368 e. The first kappa shape index (κ1) is 19.9. The maximum absolute atomic E-state index is 12.7. The van der Waals surface area contributed by atoms with E-state index in [-0.39, 0.29) is 24.4 Å². The molecule has 3 aromatic rings. The number of H-pyrrole nitrogens is 1. The zero-order valence-corrected chi connectivity index (χ0v) is 17.4. The van der Waals surface area contributed by atoms with Crippen molar-refractivity contribution in [3.8, 4) is 0 Å². The lowest BCUT2D eigenvalue weighted by Crippen LogP contribution is -2.49. The summed E-state index contributed by atoms with van der Waals surface area (Å²) in [6, 6.07) is 13.3. The topological polar surface area (TPSA) is 78.4 Å². The van der Waals surface area contributed by atoms with Gasteiger partial charge in [0.25, 0.3) is 5.56 Å². The first-order chi connectivity index (χ1) is 14.4. The Morgan fingerprint density at radius 2 is 1.73 bits per heavy atom. The molecule has 0 bridgehead atoms. The molecule has 0 unspecified atom stereocenters. The number of aromatic nitrogens is 2. The van der Waals surface area contributed by atoms with Gasteiger partial charge in [0, 0.05) is 44.8 Å². The molecule has 7 heteroatoms. The van der Waals surface area contributed by atoms with Crippen LogP contribution in [0.1, 0.15) is 17.5 Å². The Bertz CT molecular complexity index is 1200. The van der Waals surface area contributed by atoms with Gasteiger partial charge < -0.3 is 14.8 Å². The Morgan fingerprint density at radius 3 is 2.50 bits per heavy atom. The van der Waals surface area contributed by atoms with Gasteiger partial charge in [0.05, 0.1) is 10.9 Å². The summed E-state index contributed by atoms with van der Waals surface area (Å²) in [6.45, 7) is 7.07. The van der Waals surface area contributed by atoms with Crippen LogP contribution in [0.4, 0.5) is 5.69 Å². The number of nitrogens with one attached hydrogen (secondary N) is 1. The van der Waals surface area contributed by atoms with Crippen LogP contribution in [-0.2, 0) is 11.3 Å². The molecule has 1 aromatic heterocycles. The van der Waals surface area contributed by atoms with Gasteiger partial charge in [-0.15, -0.1) is 0 Å². The van der Waals surface area contributed by atoms with Crippen molar-refractivity contribution >= 4 is 22.5 Å². The molecule has 0 aliphatic carbocycles. The van der Waals surface area contributed by atoms with Crippen LogP contribution in [0.2, 0.25) is 0 Å². The summed E-state index contributed by atoms with van der Waals surface area (Å²) in [5.74, 6) is -0.0323. The molecule has 1 saturated heterocycles. The molecule has 4 rings (SSSR count). The Kier molecular flexibility index (Phi) is 5.44. The van der Waals surface area contributed by atoms with Gasteiger partial charge in [0.2, 0.25) is 5.91 Å². The molecule has 1 aliphatic rings. The van der Waals surface area contributed by atoms with Crippen LogP contribution in [0, 0.1) is 13.8 Å². The fourth-order valence-electron chi connectivity index (χ4n) is 4.02. The molecule has 0 spiro atoms. The van der Waals surface area contributed by atoms with Crippen LogP contribution in [0.3, 0.4) is 0 Å². The number of rotatable bonds is 4. The van der Waals surface area contributed by atoms with E-state index in [2.05, 4.69) is 41.9 Å². The van der Waals surface area contributed by atoms with Crippen molar-refractivity contribution in [2.45, 2.75) is 26.8 Å². The van der Waals surface area contributed by atoms with Crippen LogP contribution in [0.15, 0.2) is 52.1 Å². The van der Waals surface area contributed by atoms with Gasteiger partial charge in [-0.1, -0.05) is 24.3 Å². The minimum atomic E-state index is -0.480. The van der Waals surface area contributed by atoms with Crippen LogP contribution in [-0.4, -0.2) is 46.5 Å². The number of hydrogen-bond acceptors (Lipinski definition) is 4. The average molecular weight is 406 g/mol. The van der Waals surface area contributed by atoms with Crippen LogP contribution < -0.4 is 16.1 Å². The maximum atomic E-state index is 12.7. The molecular formula is C23H26N4O3. The lowest BCUT2D eigenvalue weighted by atomic mass is 10.1. The monoisotopic (exact) mass is 406 g/mol. The first-order valence-corrected chi connectivity index (χ1v) is 10.3. The SMILES string of the molecule is Cc1ccc(C)c(N2CCN(C(=O)CCn3c(=O)[nH]c4ccccc4c3=O)CC2)c1. The normalized spacial score (nSPS) is 14.3. The number of benzene rings is 2. The van der Waals surface area contributed by atoms with Crippen molar-refractivity contribution in [2.24, 2.45) is 0 Å². The van der Waals surface area contributed by atoms with E-state index < -0.39 is 5.69 Å². The molecule has 0 saturated carbocycles. The summed E-state index contributed by atoms with van der Waals surface area (Å²) in [5, 5.41) is 0.451. The highest BCUT2D eigenvalue weighted by atomic mass is 16.2. The molecule has 30 heavy (non-hydrogen) atoms. The van der Waals surface area contributed by atoms with Crippen molar-refractivity contribution in [3.05, 3.63) is 74.4 Å². The minimum Gasteiger partial charge on any atom is -0.368 e. The molecular weight excluding hydrogens is 380 g/mol. The summed E-state index contributed by atoms with van der Waals surface area (Å²) in [4.78, 5) is 44.4. The number of nitrogens with zero attached hydrogens (tertiary/aromatic N) is 3. The summed E-state index contributed by atoms with van der Waals surface area (Å²) < 4.78 is 1.12. The van der Waals surface area contributed by atoms with Gasteiger partial charge in [-0.3, -0.25) is 14.2 Å². The molecule has 1 N–H and O–H groups in total. The smallest absolute Gasteiger partial charge is 0.328 e. The van der Waals surface area contributed by atoms with E-state index >= 15 is 0 Å². The third kappa shape index (κ3) is 3.87. The van der Waals surface area contributed by atoms with Crippen LogP contribution in [0.25, 0.3) is 10.9 Å². The Balaban J connectivity index is 1.40. The number of fused-ring (bicyclic) bond motifs is 1. The number of aromatic amines is 1. The van der Waals surface area contributed by atoms with Gasteiger partial charge in [-0.25, -0.2) is 4.79 Å². The quantitative estimate of drug-likeness (QED) is 0.719. The number of hydrogen-bond donors (Lipinski definition) is 1. The van der Waals surface area contributed by atoms with Gasteiger partial charge in [-0.05, 0) is 43.2 Å². The number of piperazine rings is 1. The summed E-state index contributed by atoms with van der Waals surface area (Å²) >= 11 is 0. The van der Waals surface area contributed by atoms with Gasteiger partial charge in [0.15, 0.2) is 0 Å². The number of anilines is 1. The first-order valence-electron chi connectivity index (χ1n) is 10.3. The van der Waals surface area contributed by atoms with E-state index in [1.807, 2.05) is 4.90 Å². The second-order valence-corrected chi connectivity index (χ2v) is 7.84. The highest BCUT2D eigenvalue weighted by Gasteiger charge is 2.22. The van der Waals surface area contributed by atoms with E-state index in [0.717, 1.165) is 17.7 Å². The van der Waals surface area contributed by atoms with Crippen molar-refractivity contribution < 1.29 is 4.79 Å². The third-order valence-electron chi connectivity index (χ3n) is 5.78. The fraction of sp³-hybridized carbons (Fsp3) is 0.348. The zero-order valence-electron chi connectivity index (χ0n) is 17.4. The molecule has 0 radical (unpaired) electrons. The third-order valence-corrected chi connectivity index (χ3v) is 5.78. The van der Waals surface area contributed by atoms with Crippen molar-refractivity contribution in [1.82, 2.24) is 14.5 Å². The highest BCUT2D eigenvalue weighted by molar-refractivity contribution is 5.78. The van der Waals surface area contributed by atoms with Crippen molar-refractivity contribution in [1.29, 1.82) is 0 Å². The second kappa shape index (κ2) is 8.18. The molecule has 156 valence electrons. The molecule has 7 nitrogen and oxygen atoms in total. The Morgan fingerprint density at radius 1 is 1.00 bits per heavy atom. The standard InChI is InChI=1S/C23H26N4O3/c1-16-7-8-17(2)20(15-16)25-11-13-26(14-12-25)21(28)9-10-27-22(29)18-5-3-4-6-19(18)24-23(27)30/h3-8,15H,9-14H2,1-2H3,(H,24,30). The predicted molar refractivity (Wildman–Crippen MR) is 118 cm³/mol. The number of carbonyl (C=O) groups is 1. The average Bonchev–Trinajstić information content (AvgIpc) is 2.75. The lowest BCUT2D eigenvalue weighted by molar-refractivity contribution is -0.131. The summed E-state index contributed by atoms with van der Waals surface area (Å²) in [7, 11) is 0. The number of aryl methyl sites for hydroxylation is 2. The van der Waals surface area contributed by atoms with Crippen molar-refractivity contribution in [2.75, 3.05) is 31.1 Å². The summed E-state index contributed by atoms with van der Waals surface area (Å²) in [5.41, 5.74) is 3.34. The zero-order chi connectivity index (χ0) is 21.3. The van der Waals surface area contributed by atoms with E-state index in [9.17, 15) is 14.4 Å². The Labute approximate surface area is 174 Å². The molecule has 1 amide bonds. The number of carbonyl (C=O) groups excluding carboxylic acids is 1. The van der Waals surface area contributed by atoms with Gasteiger partial charge in [0.1, 0.15) is 0 Å². The highest BCUT2D eigenvalue weighted by Crippen LogP contribution is 2.23. The summed E-state index contributed by atoms with van der Waals surface area (Å²) in [6.07, 6.45) is 0.130. The molecule has 1 fully saturated rings. The number of para-hydroxylation sites is 1. The molecule has 2 aromatic carbocycles. The van der Waals surface area contributed by atoms with Crippen LogP contribution >= 0.6 is 0 Å².